The summed E-state index contributed by atoms with van der Waals surface area (Å²) in [4.78, 5) is 25.1. The highest BCUT2D eigenvalue weighted by atomic mass is 32.2. The number of ether oxygens (including phenoxy) is 1. The Labute approximate surface area is 104 Å². The standard InChI is InChI=1S/C11H14N2O3S/c1-2-16-11(15)8(5-12)10-13(7-3-4-7)9(14)6-17-10/h7-8,10H,2-4,6H2,1H3/t8-,10?/m0/s1. The molecule has 1 saturated carbocycles. The van der Waals surface area contributed by atoms with Crippen molar-refractivity contribution in [2.75, 3.05) is 12.4 Å². The zero-order valence-corrected chi connectivity index (χ0v) is 10.4. The molecule has 17 heavy (non-hydrogen) atoms. The van der Waals surface area contributed by atoms with Crippen molar-refractivity contribution in [2.45, 2.75) is 31.2 Å². The lowest BCUT2D eigenvalue weighted by Gasteiger charge is -2.25. The smallest absolute Gasteiger partial charge is 0.326 e. The van der Waals surface area contributed by atoms with Crippen molar-refractivity contribution >= 4 is 23.6 Å². The number of amides is 1. The maximum atomic E-state index is 11.7. The van der Waals surface area contributed by atoms with E-state index in [0.717, 1.165) is 12.8 Å². The number of nitriles is 1. The number of esters is 1. The summed E-state index contributed by atoms with van der Waals surface area (Å²) in [5.74, 6) is -0.995. The van der Waals surface area contributed by atoms with Crippen molar-refractivity contribution in [3.8, 4) is 6.07 Å². The fraction of sp³-hybridized carbons (Fsp3) is 0.727. The molecule has 1 saturated heterocycles. The lowest BCUT2D eigenvalue weighted by molar-refractivity contribution is -0.147. The van der Waals surface area contributed by atoms with Crippen LogP contribution in [0.15, 0.2) is 0 Å². The topological polar surface area (TPSA) is 70.4 Å². The van der Waals surface area contributed by atoms with Crippen LogP contribution in [0.1, 0.15) is 19.8 Å². The summed E-state index contributed by atoms with van der Waals surface area (Å²) in [5.41, 5.74) is 0. The zero-order chi connectivity index (χ0) is 12.4. The van der Waals surface area contributed by atoms with Gasteiger partial charge in [-0.1, -0.05) is 0 Å². The van der Waals surface area contributed by atoms with E-state index in [1.54, 1.807) is 11.8 Å². The van der Waals surface area contributed by atoms with Gasteiger partial charge in [-0.3, -0.25) is 9.59 Å². The SMILES string of the molecule is CCOC(=O)[C@@H](C#N)C1SCC(=O)N1C1CC1. The average Bonchev–Trinajstić information content (AvgIpc) is 3.06. The van der Waals surface area contributed by atoms with Gasteiger partial charge in [-0.2, -0.15) is 5.26 Å². The van der Waals surface area contributed by atoms with E-state index >= 15 is 0 Å². The van der Waals surface area contributed by atoms with Gasteiger partial charge in [0.05, 0.1) is 18.4 Å². The fourth-order valence-corrected chi connectivity index (χ4v) is 3.22. The highest BCUT2D eigenvalue weighted by Gasteiger charge is 2.47. The molecule has 5 nitrogen and oxygen atoms in total. The van der Waals surface area contributed by atoms with E-state index in [9.17, 15) is 9.59 Å². The van der Waals surface area contributed by atoms with Crippen molar-refractivity contribution in [3.05, 3.63) is 0 Å². The molecule has 0 radical (unpaired) electrons. The summed E-state index contributed by atoms with van der Waals surface area (Å²) < 4.78 is 4.88. The Morgan fingerprint density at radius 3 is 2.94 bits per heavy atom. The van der Waals surface area contributed by atoms with Gasteiger partial charge in [-0.05, 0) is 19.8 Å². The van der Waals surface area contributed by atoms with E-state index < -0.39 is 11.9 Å². The average molecular weight is 254 g/mol. The first-order valence-electron chi connectivity index (χ1n) is 5.68. The molecule has 6 heteroatoms. The third-order valence-electron chi connectivity index (χ3n) is 2.84. The minimum Gasteiger partial charge on any atom is -0.465 e. The van der Waals surface area contributed by atoms with E-state index in [-0.39, 0.29) is 23.9 Å². The third kappa shape index (κ3) is 2.39. The minimum absolute atomic E-state index is 0.0343. The molecule has 1 aliphatic carbocycles. The fourth-order valence-electron chi connectivity index (χ4n) is 1.94. The van der Waals surface area contributed by atoms with Crippen LogP contribution < -0.4 is 0 Å². The second-order valence-corrected chi connectivity index (χ2v) is 5.20. The highest BCUT2D eigenvalue weighted by Crippen LogP contribution is 2.39. The number of nitrogens with zero attached hydrogens (tertiary/aromatic N) is 2. The monoisotopic (exact) mass is 254 g/mol. The molecule has 0 aromatic carbocycles. The Morgan fingerprint density at radius 2 is 2.41 bits per heavy atom. The number of thioether (sulfide) groups is 1. The minimum atomic E-state index is -0.869. The normalized spacial score (nSPS) is 25.5. The molecule has 0 spiro atoms. The third-order valence-corrected chi connectivity index (χ3v) is 4.10. The van der Waals surface area contributed by atoms with Crippen molar-refractivity contribution in [1.29, 1.82) is 5.26 Å². The predicted octanol–water partition coefficient (Wildman–Crippen LogP) is 0.753. The molecule has 0 bridgehead atoms. The van der Waals surface area contributed by atoms with Crippen LogP contribution in [0.3, 0.4) is 0 Å². The second-order valence-electron chi connectivity index (χ2n) is 4.09. The first-order valence-corrected chi connectivity index (χ1v) is 6.73. The van der Waals surface area contributed by atoms with Crippen LogP contribution in [-0.2, 0) is 14.3 Å². The maximum absolute atomic E-state index is 11.7. The van der Waals surface area contributed by atoms with Crippen LogP contribution >= 0.6 is 11.8 Å². The van der Waals surface area contributed by atoms with Crippen LogP contribution in [-0.4, -0.2) is 40.6 Å². The molecule has 1 heterocycles. The summed E-state index contributed by atoms with van der Waals surface area (Å²) in [6.07, 6.45) is 1.95. The van der Waals surface area contributed by atoms with Crippen molar-refractivity contribution in [3.63, 3.8) is 0 Å². The van der Waals surface area contributed by atoms with Crippen LogP contribution in [0.25, 0.3) is 0 Å². The largest absolute Gasteiger partial charge is 0.465 e. The first kappa shape index (κ1) is 12.2. The lowest BCUT2D eigenvalue weighted by Crippen LogP contribution is -2.41. The molecule has 2 rings (SSSR count). The number of hydrogen-bond donors (Lipinski definition) is 0. The van der Waals surface area contributed by atoms with Crippen LogP contribution in [0, 0.1) is 17.2 Å². The van der Waals surface area contributed by atoms with Gasteiger partial charge in [-0.25, -0.2) is 0 Å². The van der Waals surface area contributed by atoms with Gasteiger partial charge >= 0.3 is 5.97 Å². The van der Waals surface area contributed by atoms with Gasteiger partial charge in [0.2, 0.25) is 5.91 Å². The van der Waals surface area contributed by atoms with Gasteiger partial charge < -0.3 is 9.64 Å². The Kier molecular flexibility index (Phi) is 3.57. The van der Waals surface area contributed by atoms with Crippen LogP contribution in [0.5, 0.6) is 0 Å². The molecule has 0 aromatic rings. The molecule has 1 amide bonds. The maximum Gasteiger partial charge on any atom is 0.326 e. The van der Waals surface area contributed by atoms with Crippen LogP contribution in [0.4, 0.5) is 0 Å². The highest BCUT2D eigenvalue weighted by molar-refractivity contribution is 8.01. The molecule has 2 atom stereocenters. The van der Waals surface area contributed by atoms with Crippen molar-refractivity contribution in [2.24, 2.45) is 5.92 Å². The first-order chi connectivity index (χ1) is 8.19. The Morgan fingerprint density at radius 1 is 1.71 bits per heavy atom. The van der Waals surface area contributed by atoms with Crippen molar-refractivity contribution < 1.29 is 14.3 Å². The second kappa shape index (κ2) is 4.96. The van der Waals surface area contributed by atoms with E-state index in [1.165, 1.54) is 11.8 Å². The van der Waals surface area contributed by atoms with Gasteiger partial charge in [0.15, 0.2) is 5.92 Å². The number of carbonyl (C=O) groups excluding carboxylic acids is 2. The molecular formula is C11H14N2O3S. The van der Waals surface area contributed by atoms with E-state index in [2.05, 4.69) is 0 Å². The molecule has 1 aliphatic heterocycles. The number of carbonyl (C=O) groups is 2. The predicted molar refractivity (Wildman–Crippen MR) is 61.9 cm³/mol. The lowest BCUT2D eigenvalue weighted by atomic mass is 10.1. The van der Waals surface area contributed by atoms with Crippen LogP contribution in [0.2, 0.25) is 0 Å². The van der Waals surface area contributed by atoms with Gasteiger partial charge in [-0.15, -0.1) is 11.8 Å². The van der Waals surface area contributed by atoms with Gasteiger partial charge in [0.25, 0.3) is 0 Å². The number of rotatable bonds is 4. The summed E-state index contributed by atoms with van der Waals surface area (Å²) in [5, 5.41) is 8.73. The molecular weight excluding hydrogens is 240 g/mol. The van der Waals surface area contributed by atoms with E-state index in [1.807, 2.05) is 6.07 Å². The van der Waals surface area contributed by atoms with Crippen molar-refractivity contribution in [1.82, 2.24) is 4.90 Å². The summed E-state index contributed by atoms with van der Waals surface area (Å²) in [7, 11) is 0. The Hall–Kier alpha value is -1.22. The Balaban J connectivity index is 2.11. The molecule has 0 N–H and O–H groups in total. The van der Waals surface area contributed by atoms with E-state index in [0.29, 0.717) is 5.75 Å². The molecule has 1 unspecified atom stereocenters. The molecule has 2 fully saturated rings. The summed E-state index contributed by atoms with van der Waals surface area (Å²) in [6, 6.07) is 2.20. The molecule has 0 aromatic heterocycles. The van der Waals surface area contributed by atoms with Gasteiger partial charge in [0.1, 0.15) is 5.37 Å². The summed E-state index contributed by atoms with van der Waals surface area (Å²) in [6.45, 7) is 1.96. The van der Waals surface area contributed by atoms with Gasteiger partial charge in [0, 0.05) is 6.04 Å². The number of hydrogen-bond acceptors (Lipinski definition) is 5. The quantitative estimate of drug-likeness (QED) is 0.692. The zero-order valence-electron chi connectivity index (χ0n) is 9.59. The molecule has 2 aliphatic rings. The summed E-state index contributed by atoms with van der Waals surface area (Å²) >= 11 is 1.37. The Bertz CT molecular complexity index is 375. The van der Waals surface area contributed by atoms with E-state index in [4.69, 9.17) is 10.00 Å². The molecule has 92 valence electrons.